The Morgan fingerprint density at radius 1 is 0.963 bits per heavy atom. The van der Waals surface area contributed by atoms with Crippen molar-refractivity contribution in [2.45, 2.75) is 11.3 Å². The quantitative estimate of drug-likeness (QED) is 0.622. The van der Waals surface area contributed by atoms with Gasteiger partial charge in [-0.2, -0.15) is 0 Å². The van der Waals surface area contributed by atoms with Crippen LogP contribution in [-0.4, -0.2) is 27.1 Å². The number of benzene rings is 2. The average molecular weight is 383 g/mol. The Bertz CT molecular complexity index is 958. The first-order chi connectivity index (χ1) is 13.1. The molecule has 1 heterocycles. The van der Waals surface area contributed by atoms with Crippen molar-refractivity contribution in [3.63, 3.8) is 0 Å². The van der Waals surface area contributed by atoms with Gasteiger partial charge in [-0.05, 0) is 48.4 Å². The summed E-state index contributed by atoms with van der Waals surface area (Å²) in [5.41, 5.74) is 2.02. The van der Waals surface area contributed by atoms with Gasteiger partial charge in [0.1, 0.15) is 11.6 Å². The third-order valence-electron chi connectivity index (χ3n) is 3.96. The molecule has 3 aromatic rings. The summed E-state index contributed by atoms with van der Waals surface area (Å²) in [6.45, 7) is 0.739. The molecule has 0 saturated heterocycles. The maximum absolute atomic E-state index is 12.3. The van der Waals surface area contributed by atoms with Gasteiger partial charge in [0.15, 0.2) is 0 Å². The first-order valence-corrected chi connectivity index (χ1v) is 9.96. The summed E-state index contributed by atoms with van der Waals surface area (Å²) < 4.78 is 32.2. The highest BCUT2D eigenvalue weighted by Gasteiger charge is 2.13. The minimum Gasteiger partial charge on any atom is -0.497 e. The second kappa shape index (κ2) is 8.55. The fraction of sp³-hybridized carbons (Fsp3) is 0.150. The van der Waals surface area contributed by atoms with Crippen LogP contribution in [0.25, 0.3) is 0 Å². The summed E-state index contributed by atoms with van der Waals surface area (Å²) in [6, 6.07) is 19.6. The summed E-state index contributed by atoms with van der Waals surface area (Å²) in [5, 5.41) is 3.27. The molecular formula is C20H21N3O3S. The molecule has 6 nitrogen and oxygen atoms in total. The number of pyridine rings is 1. The van der Waals surface area contributed by atoms with E-state index in [1.807, 2.05) is 24.3 Å². The summed E-state index contributed by atoms with van der Waals surface area (Å²) in [6.07, 6.45) is 2.46. The molecule has 0 saturated carbocycles. The molecule has 0 amide bonds. The largest absolute Gasteiger partial charge is 0.497 e. The molecule has 1 aromatic heterocycles. The van der Waals surface area contributed by atoms with Crippen molar-refractivity contribution in [2.75, 3.05) is 23.7 Å². The normalized spacial score (nSPS) is 11.0. The number of hydrogen-bond donors (Lipinski definition) is 2. The Hall–Kier alpha value is -3.06. The first-order valence-electron chi connectivity index (χ1n) is 8.47. The molecule has 140 valence electrons. The van der Waals surface area contributed by atoms with E-state index in [1.165, 1.54) is 17.7 Å². The van der Waals surface area contributed by atoms with Crippen LogP contribution in [0.5, 0.6) is 5.75 Å². The van der Waals surface area contributed by atoms with Crippen molar-refractivity contribution >= 4 is 21.5 Å². The van der Waals surface area contributed by atoms with Crippen LogP contribution in [-0.2, 0) is 16.4 Å². The van der Waals surface area contributed by atoms with Gasteiger partial charge in [0.2, 0.25) is 0 Å². The van der Waals surface area contributed by atoms with Crippen LogP contribution in [0, 0.1) is 0 Å². The molecule has 0 radical (unpaired) electrons. The highest BCUT2D eigenvalue weighted by atomic mass is 32.2. The molecule has 0 atom stereocenters. The average Bonchev–Trinajstić information content (AvgIpc) is 2.70. The standard InChI is InChI=1S/C20H21N3O3S/c1-26-18-10-7-16(8-11-18)13-14-21-17-9-12-20(22-15-17)23-27(24,25)19-5-3-2-4-6-19/h2-12,15,21H,13-14H2,1H3,(H,22,23). The molecule has 0 spiro atoms. The number of anilines is 2. The van der Waals surface area contributed by atoms with Crippen LogP contribution >= 0.6 is 0 Å². The zero-order valence-electron chi connectivity index (χ0n) is 14.9. The lowest BCUT2D eigenvalue weighted by Gasteiger charge is -2.09. The van der Waals surface area contributed by atoms with Gasteiger partial charge in [0.25, 0.3) is 10.0 Å². The lowest BCUT2D eigenvalue weighted by Crippen LogP contribution is -2.14. The number of ether oxygens (including phenoxy) is 1. The van der Waals surface area contributed by atoms with E-state index in [4.69, 9.17) is 4.74 Å². The topological polar surface area (TPSA) is 80.3 Å². The molecule has 2 aromatic carbocycles. The highest BCUT2D eigenvalue weighted by Crippen LogP contribution is 2.16. The van der Waals surface area contributed by atoms with E-state index < -0.39 is 10.0 Å². The van der Waals surface area contributed by atoms with Gasteiger partial charge in [-0.25, -0.2) is 13.4 Å². The molecule has 0 aliphatic rings. The summed E-state index contributed by atoms with van der Waals surface area (Å²) in [4.78, 5) is 4.37. The van der Waals surface area contributed by atoms with Crippen LogP contribution in [0.2, 0.25) is 0 Å². The van der Waals surface area contributed by atoms with E-state index in [9.17, 15) is 8.42 Å². The van der Waals surface area contributed by atoms with E-state index in [0.717, 1.165) is 24.4 Å². The zero-order valence-corrected chi connectivity index (χ0v) is 15.7. The van der Waals surface area contributed by atoms with Gasteiger partial charge < -0.3 is 10.1 Å². The lowest BCUT2D eigenvalue weighted by atomic mass is 10.1. The van der Waals surface area contributed by atoms with E-state index in [2.05, 4.69) is 15.0 Å². The van der Waals surface area contributed by atoms with Crippen molar-refractivity contribution in [1.29, 1.82) is 0 Å². The maximum atomic E-state index is 12.3. The molecule has 0 aliphatic heterocycles. The molecule has 7 heteroatoms. The number of sulfonamides is 1. The van der Waals surface area contributed by atoms with Crippen LogP contribution < -0.4 is 14.8 Å². The van der Waals surface area contributed by atoms with Gasteiger partial charge >= 0.3 is 0 Å². The third-order valence-corrected chi connectivity index (χ3v) is 5.33. The van der Waals surface area contributed by atoms with Gasteiger partial charge in [0.05, 0.1) is 23.9 Å². The fourth-order valence-corrected chi connectivity index (χ4v) is 3.53. The van der Waals surface area contributed by atoms with E-state index in [0.29, 0.717) is 0 Å². The molecule has 0 unspecified atom stereocenters. The van der Waals surface area contributed by atoms with Crippen molar-refractivity contribution in [1.82, 2.24) is 4.98 Å². The highest BCUT2D eigenvalue weighted by molar-refractivity contribution is 7.92. The first kappa shape index (κ1) is 18.7. The maximum Gasteiger partial charge on any atom is 0.263 e. The van der Waals surface area contributed by atoms with Gasteiger partial charge in [0, 0.05) is 6.54 Å². The Morgan fingerprint density at radius 3 is 2.33 bits per heavy atom. The Kier molecular flexibility index (Phi) is 5.93. The number of rotatable bonds is 8. The minimum absolute atomic E-state index is 0.202. The second-order valence-electron chi connectivity index (χ2n) is 5.88. The number of nitrogens with one attached hydrogen (secondary N) is 2. The van der Waals surface area contributed by atoms with Crippen LogP contribution in [0.4, 0.5) is 11.5 Å². The molecular weight excluding hydrogens is 362 g/mol. The Morgan fingerprint density at radius 2 is 1.70 bits per heavy atom. The molecule has 0 aliphatic carbocycles. The van der Waals surface area contributed by atoms with Gasteiger partial charge in [-0.3, -0.25) is 4.72 Å². The zero-order chi connectivity index (χ0) is 19.1. The van der Waals surface area contributed by atoms with E-state index in [1.54, 1.807) is 43.6 Å². The number of hydrogen-bond acceptors (Lipinski definition) is 5. The van der Waals surface area contributed by atoms with Crippen molar-refractivity contribution in [3.05, 3.63) is 78.5 Å². The summed E-state index contributed by atoms with van der Waals surface area (Å²) in [5.74, 6) is 1.11. The van der Waals surface area contributed by atoms with Crippen LogP contribution in [0.1, 0.15) is 5.56 Å². The van der Waals surface area contributed by atoms with E-state index in [-0.39, 0.29) is 10.7 Å². The number of aromatic nitrogens is 1. The summed E-state index contributed by atoms with van der Waals surface area (Å²) >= 11 is 0. The molecule has 3 rings (SSSR count). The smallest absolute Gasteiger partial charge is 0.263 e. The minimum atomic E-state index is -3.63. The molecule has 0 bridgehead atoms. The Balaban J connectivity index is 1.54. The van der Waals surface area contributed by atoms with Crippen LogP contribution in [0.3, 0.4) is 0 Å². The third kappa shape index (κ3) is 5.21. The number of methoxy groups -OCH3 is 1. The predicted molar refractivity (Wildman–Crippen MR) is 107 cm³/mol. The van der Waals surface area contributed by atoms with Crippen LogP contribution in [0.15, 0.2) is 77.8 Å². The summed E-state index contributed by atoms with van der Waals surface area (Å²) in [7, 11) is -1.98. The van der Waals surface area contributed by atoms with Gasteiger partial charge in [-0.15, -0.1) is 0 Å². The lowest BCUT2D eigenvalue weighted by molar-refractivity contribution is 0.414. The van der Waals surface area contributed by atoms with Crippen molar-refractivity contribution in [3.8, 4) is 5.75 Å². The van der Waals surface area contributed by atoms with Gasteiger partial charge in [-0.1, -0.05) is 30.3 Å². The molecule has 27 heavy (non-hydrogen) atoms. The number of nitrogens with zero attached hydrogens (tertiary/aromatic N) is 1. The van der Waals surface area contributed by atoms with Crippen molar-refractivity contribution in [2.24, 2.45) is 0 Å². The molecule has 2 N–H and O–H groups in total. The fourth-order valence-electron chi connectivity index (χ4n) is 2.50. The van der Waals surface area contributed by atoms with Crippen molar-refractivity contribution < 1.29 is 13.2 Å². The molecule has 0 fully saturated rings. The monoisotopic (exact) mass is 383 g/mol. The Labute approximate surface area is 159 Å². The van der Waals surface area contributed by atoms with E-state index >= 15 is 0 Å². The predicted octanol–water partition coefficient (Wildman–Crippen LogP) is 3.55. The SMILES string of the molecule is COc1ccc(CCNc2ccc(NS(=O)(=O)c3ccccc3)nc2)cc1. The second-order valence-corrected chi connectivity index (χ2v) is 7.56.